The second-order valence-corrected chi connectivity index (χ2v) is 6.87. The molecule has 0 spiro atoms. The molecule has 0 radical (unpaired) electrons. The van der Waals surface area contributed by atoms with Gasteiger partial charge in [0.1, 0.15) is 0 Å². The van der Waals surface area contributed by atoms with E-state index < -0.39 is 0 Å². The Labute approximate surface area is 124 Å². The fourth-order valence-corrected chi connectivity index (χ4v) is 3.56. The van der Waals surface area contributed by atoms with Crippen LogP contribution in [0.3, 0.4) is 0 Å². The summed E-state index contributed by atoms with van der Waals surface area (Å²) in [5, 5.41) is 2.94. The van der Waals surface area contributed by atoms with Gasteiger partial charge in [0.25, 0.3) is 0 Å². The Balaban J connectivity index is 3.05. The molecule has 108 valence electrons. The molecule has 0 N–H and O–H groups in total. The van der Waals surface area contributed by atoms with Gasteiger partial charge in [-0.05, 0) is 83.7 Å². The minimum Gasteiger partial charge on any atom is -0.0586 e. The van der Waals surface area contributed by atoms with Crippen molar-refractivity contribution in [3.05, 3.63) is 45.5 Å². The number of benzene rings is 2. The molecule has 0 nitrogen and oxygen atoms in total. The largest absolute Gasteiger partial charge is 0.0586 e. The Kier molecular flexibility index (Phi) is 3.95. The number of hydrogen-bond acceptors (Lipinski definition) is 0. The highest BCUT2D eigenvalue weighted by Crippen LogP contribution is 2.38. The zero-order valence-corrected chi connectivity index (χ0v) is 14.3. The van der Waals surface area contributed by atoms with E-state index in [9.17, 15) is 0 Å². The molecule has 0 heterocycles. The van der Waals surface area contributed by atoms with Gasteiger partial charge in [-0.15, -0.1) is 0 Å². The summed E-state index contributed by atoms with van der Waals surface area (Å²) in [6.45, 7) is 18.3. The van der Waals surface area contributed by atoms with Crippen LogP contribution in [0.25, 0.3) is 10.8 Å². The third-order valence-electron chi connectivity index (χ3n) is 4.74. The van der Waals surface area contributed by atoms with Crippen LogP contribution in [0.4, 0.5) is 0 Å². The molecule has 0 aliphatic rings. The monoisotopic (exact) mass is 268 g/mol. The average Bonchev–Trinajstić information content (AvgIpc) is 2.32. The maximum absolute atomic E-state index is 2.40. The fraction of sp³-hybridized carbons (Fsp3) is 0.500. The first kappa shape index (κ1) is 15.1. The van der Waals surface area contributed by atoms with Gasteiger partial charge in [0.2, 0.25) is 0 Å². The van der Waals surface area contributed by atoms with Crippen molar-refractivity contribution < 1.29 is 0 Å². The van der Waals surface area contributed by atoms with Crippen LogP contribution < -0.4 is 0 Å². The van der Waals surface area contributed by atoms with Gasteiger partial charge < -0.3 is 0 Å². The van der Waals surface area contributed by atoms with Gasteiger partial charge in [0.05, 0.1) is 0 Å². The van der Waals surface area contributed by atoms with Crippen molar-refractivity contribution in [1.82, 2.24) is 0 Å². The molecule has 0 aliphatic carbocycles. The number of hydrogen-bond donors (Lipinski definition) is 0. The third-order valence-corrected chi connectivity index (χ3v) is 4.74. The Morgan fingerprint density at radius 1 is 0.600 bits per heavy atom. The highest BCUT2D eigenvalue weighted by atomic mass is 14.2. The molecule has 0 bridgehead atoms. The molecule has 2 rings (SSSR count). The third kappa shape index (κ3) is 2.26. The molecule has 0 amide bonds. The van der Waals surface area contributed by atoms with Crippen LogP contribution in [0, 0.1) is 27.7 Å². The molecule has 2 aromatic carbocycles. The van der Waals surface area contributed by atoms with E-state index in [0.29, 0.717) is 11.8 Å². The smallest absolute Gasteiger partial charge is 0.0141 e. The first-order valence-electron chi connectivity index (χ1n) is 7.79. The van der Waals surface area contributed by atoms with Crippen LogP contribution in [0.2, 0.25) is 0 Å². The lowest BCUT2D eigenvalue weighted by Gasteiger charge is -2.23. The van der Waals surface area contributed by atoms with Gasteiger partial charge in [-0.2, -0.15) is 0 Å². The molecular weight excluding hydrogens is 240 g/mol. The average molecular weight is 268 g/mol. The van der Waals surface area contributed by atoms with E-state index in [-0.39, 0.29) is 0 Å². The highest BCUT2D eigenvalue weighted by molar-refractivity contribution is 5.93. The van der Waals surface area contributed by atoms with Crippen LogP contribution >= 0.6 is 0 Å². The van der Waals surface area contributed by atoms with E-state index in [0.717, 1.165) is 0 Å². The minimum atomic E-state index is 0.569. The second kappa shape index (κ2) is 5.24. The predicted molar refractivity (Wildman–Crippen MR) is 91.1 cm³/mol. The fourth-order valence-electron chi connectivity index (χ4n) is 3.56. The molecule has 0 saturated carbocycles. The molecule has 0 fully saturated rings. The summed E-state index contributed by atoms with van der Waals surface area (Å²) in [5.41, 5.74) is 8.84. The molecule has 2 aromatic rings. The molecule has 0 unspecified atom stereocenters. The summed E-state index contributed by atoms with van der Waals surface area (Å²) >= 11 is 0. The van der Waals surface area contributed by atoms with Gasteiger partial charge in [-0.25, -0.2) is 0 Å². The van der Waals surface area contributed by atoms with Crippen molar-refractivity contribution in [3.63, 3.8) is 0 Å². The van der Waals surface area contributed by atoms with Crippen molar-refractivity contribution in [2.24, 2.45) is 0 Å². The van der Waals surface area contributed by atoms with Crippen LogP contribution in [0.15, 0.2) is 12.1 Å². The molecule has 0 heteroatoms. The van der Waals surface area contributed by atoms with Crippen LogP contribution in [0.5, 0.6) is 0 Å². The van der Waals surface area contributed by atoms with E-state index in [1.807, 2.05) is 0 Å². The molecule has 0 aromatic heterocycles. The zero-order valence-electron chi connectivity index (χ0n) is 14.3. The number of rotatable bonds is 2. The quantitative estimate of drug-likeness (QED) is 0.598. The van der Waals surface area contributed by atoms with E-state index in [4.69, 9.17) is 0 Å². The lowest BCUT2D eigenvalue weighted by Crippen LogP contribution is -2.04. The SMILES string of the molecule is Cc1cc2c(C(C)C)c(C)c(C)c(C(C)C)c2cc1C. The Hall–Kier alpha value is -1.30. The summed E-state index contributed by atoms with van der Waals surface area (Å²) in [7, 11) is 0. The Morgan fingerprint density at radius 3 is 1.15 bits per heavy atom. The summed E-state index contributed by atoms with van der Waals surface area (Å²) in [4.78, 5) is 0. The second-order valence-electron chi connectivity index (χ2n) is 6.87. The maximum Gasteiger partial charge on any atom is -0.0141 e. The topological polar surface area (TPSA) is 0 Å². The van der Waals surface area contributed by atoms with E-state index in [1.54, 1.807) is 0 Å². The normalized spacial score (nSPS) is 11.9. The Bertz CT molecular complexity index is 599. The van der Waals surface area contributed by atoms with Crippen molar-refractivity contribution in [2.45, 2.75) is 67.2 Å². The zero-order chi connectivity index (χ0) is 15.2. The first-order chi connectivity index (χ1) is 9.25. The van der Waals surface area contributed by atoms with Crippen LogP contribution in [0.1, 0.15) is 72.9 Å². The van der Waals surface area contributed by atoms with Gasteiger partial charge in [-0.1, -0.05) is 39.8 Å². The van der Waals surface area contributed by atoms with Gasteiger partial charge in [0, 0.05) is 0 Å². The highest BCUT2D eigenvalue weighted by Gasteiger charge is 2.18. The summed E-state index contributed by atoms with van der Waals surface area (Å²) in [6, 6.07) is 4.80. The van der Waals surface area contributed by atoms with Crippen molar-refractivity contribution in [3.8, 4) is 0 Å². The molecule has 0 aliphatic heterocycles. The van der Waals surface area contributed by atoms with Crippen LogP contribution in [-0.4, -0.2) is 0 Å². The standard InChI is InChI=1S/C20H28/c1-11(2)19-15(7)16(8)20(12(3)4)18-10-14(6)13(5)9-17(18)19/h9-12H,1-8H3. The predicted octanol–water partition coefficient (Wildman–Crippen LogP) is 6.32. The van der Waals surface area contributed by atoms with Crippen molar-refractivity contribution in [1.29, 1.82) is 0 Å². The van der Waals surface area contributed by atoms with E-state index in [1.165, 1.54) is 44.2 Å². The van der Waals surface area contributed by atoms with Crippen molar-refractivity contribution >= 4 is 10.8 Å². The van der Waals surface area contributed by atoms with Gasteiger partial charge >= 0.3 is 0 Å². The minimum absolute atomic E-state index is 0.569. The summed E-state index contributed by atoms with van der Waals surface area (Å²) in [5.74, 6) is 1.14. The van der Waals surface area contributed by atoms with Crippen molar-refractivity contribution in [2.75, 3.05) is 0 Å². The molecule has 20 heavy (non-hydrogen) atoms. The Morgan fingerprint density at radius 2 is 0.900 bits per heavy atom. The summed E-state index contributed by atoms with van der Waals surface area (Å²) < 4.78 is 0. The maximum atomic E-state index is 2.40. The van der Waals surface area contributed by atoms with Gasteiger partial charge in [-0.3, -0.25) is 0 Å². The van der Waals surface area contributed by atoms with E-state index in [2.05, 4.69) is 67.5 Å². The number of fused-ring (bicyclic) bond motifs is 1. The van der Waals surface area contributed by atoms with E-state index >= 15 is 0 Å². The first-order valence-corrected chi connectivity index (χ1v) is 7.79. The molecule has 0 saturated heterocycles. The summed E-state index contributed by atoms with van der Waals surface area (Å²) in [6.07, 6.45) is 0. The lowest BCUT2D eigenvalue weighted by atomic mass is 9.81. The molecule has 0 atom stereocenters. The molecular formula is C20H28. The van der Waals surface area contributed by atoms with Crippen LogP contribution in [-0.2, 0) is 0 Å². The lowest BCUT2D eigenvalue weighted by molar-refractivity contribution is 0.840. The van der Waals surface area contributed by atoms with Gasteiger partial charge in [0.15, 0.2) is 0 Å². The number of aryl methyl sites for hydroxylation is 2.